The second-order valence-electron chi connectivity index (χ2n) is 14.5. The van der Waals surface area contributed by atoms with Crippen LogP contribution in [0.1, 0.15) is 26.3 Å². The van der Waals surface area contributed by atoms with E-state index in [4.69, 9.17) is 0 Å². The molecule has 0 fully saturated rings. The fourth-order valence-electron chi connectivity index (χ4n) is 8.37. The van der Waals surface area contributed by atoms with Crippen LogP contribution in [0.2, 0.25) is 0 Å². The first kappa shape index (κ1) is 27.4. The summed E-state index contributed by atoms with van der Waals surface area (Å²) < 4.78 is 0. The molecule has 0 heteroatoms. The molecule has 0 nitrogen and oxygen atoms in total. The third-order valence-electron chi connectivity index (χ3n) is 10.7. The predicted octanol–water partition coefficient (Wildman–Crippen LogP) is 13.8. The average Bonchev–Trinajstić information content (AvgIpc) is 3.12. The first-order chi connectivity index (χ1) is 23.4. The van der Waals surface area contributed by atoms with Gasteiger partial charge < -0.3 is 0 Å². The van der Waals surface area contributed by atoms with Crippen molar-refractivity contribution in [2.45, 2.75) is 26.2 Å². The zero-order chi connectivity index (χ0) is 32.1. The standard InChI is InChI=1S/C48H34/c1-48(2,3)35-27-33-19-17-30-20-24-43(42-25-22-34(28-35)44(33)46(30)42)47-40-14-8-6-12-38(40)45(39-13-7-9-15-41(39)47)32-21-23-37-31(26-32)18-16-29-10-4-5-11-36(29)37/h4-28H,1-3H3. The highest BCUT2D eigenvalue weighted by Gasteiger charge is 2.21. The van der Waals surface area contributed by atoms with Crippen LogP contribution in [0.3, 0.4) is 0 Å². The quantitative estimate of drug-likeness (QED) is 0.135. The van der Waals surface area contributed by atoms with E-state index in [2.05, 4.69) is 172 Å². The van der Waals surface area contributed by atoms with Gasteiger partial charge in [-0.25, -0.2) is 0 Å². The number of benzene rings is 10. The molecular weight excluding hydrogens is 577 g/mol. The largest absolute Gasteiger partial charge is 0.0616 e. The summed E-state index contributed by atoms with van der Waals surface area (Å²) in [4.78, 5) is 0. The Bertz CT molecular complexity index is 2840. The van der Waals surface area contributed by atoms with E-state index < -0.39 is 0 Å². The SMILES string of the molecule is CC(C)(C)c1cc2ccc3ccc(-c4c5ccccc5c(-c5ccc6c(ccc7ccccc76)c5)c5ccccc45)c4ccc(c1)c2c34. The van der Waals surface area contributed by atoms with E-state index in [1.165, 1.54) is 103 Å². The fourth-order valence-corrected chi connectivity index (χ4v) is 8.37. The van der Waals surface area contributed by atoms with Crippen LogP contribution >= 0.6 is 0 Å². The van der Waals surface area contributed by atoms with Crippen molar-refractivity contribution in [2.75, 3.05) is 0 Å². The molecule has 0 amide bonds. The maximum atomic E-state index is 2.40. The minimum absolute atomic E-state index is 0.0913. The van der Waals surface area contributed by atoms with E-state index in [-0.39, 0.29) is 5.41 Å². The molecule has 0 aliphatic carbocycles. The van der Waals surface area contributed by atoms with E-state index >= 15 is 0 Å². The Morgan fingerprint density at radius 3 is 1.52 bits per heavy atom. The summed E-state index contributed by atoms with van der Waals surface area (Å²) in [5.41, 5.74) is 6.62. The number of rotatable bonds is 2. The Labute approximate surface area is 280 Å². The molecular formula is C48H34. The Morgan fingerprint density at radius 2 is 0.833 bits per heavy atom. The summed E-state index contributed by atoms with van der Waals surface area (Å²) in [6.07, 6.45) is 0. The van der Waals surface area contributed by atoms with E-state index in [1.54, 1.807) is 0 Å². The van der Waals surface area contributed by atoms with Gasteiger partial charge >= 0.3 is 0 Å². The van der Waals surface area contributed by atoms with Crippen molar-refractivity contribution in [1.82, 2.24) is 0 Å². The van der Waals surface area contributed by atoms with Crippen molar-refractivity contribution in [3.05, 3.63) is 157 Å². The van der Waals surface area contributed by atoms with E-state index in [1.807, 2.05) is 0 Å². The van der Waals surface area contributed by atoms with Crippen molar-refractivity contribution in [2.24, 2.45) is 0 Å². The highest BCUT2D eigenvalue weighted by molar-refractivity contribution is 6.29. The second-order valence-corrected chi connectivity index (χ2v) is 14.5. The third kappa shape index (κ3) is 3.90. The minimum Gasteiger partial charge on any atom is -0.0616 e. The molecule has 0 saturated carbocycles. The molecule has 0 radical (unpaired) electrons. The van der Waals surface area contributed by atoms with Gasteiger partial charge in [-0.15, -0.1) is 0 Å². The lowest BCUT2D eigenvalue weighted by atomic mass is 9.81. The van der Waals surface area contributed by atoms with Gasteiger partial charge in [0.2, 0.25) is 0 Å². The lowest BCUT2D eigenvalue weighted by Crippen LogP contribution is -2.10. The van der Waals surface area contributed by atoms with Crippen molar-refractivity contribution in [3.8, 4) is 22.3 Å². The summed E-state index contributed by atoms with van der Waals surface area (Å²) in [6, 6.07) is 57.1. The highest BCUT2D eigenvalue weighted by Crippen LogP contribution is 2.48. The van der Waals surface area contributed by atoms with E-state index in [0.29, 0.717) is 0 Å². The molecule has 0 unspecified atom stereocenters. The van der Waals surface area contributed by atoms with Crippen LogP contribution in [-0.4, -0.2) is 0 Å². The predicted molar refractivity (Wildman–Crippen MR) is 210 cm³/mol. The molecule has 0 atom stereocenters. The number of hydrogen-bond donors (Lipinski definition) is 0. The zero-order valence-corrected chi connectivity index (χ0v) is 27.4. The average molecular weight is 611 g/mol. The zero-order valence-electron chi connectivity index (χ0n) is 27.4. The van der Waals surface area contributed by atoms with Crippen LogP contribution in [0.15, 0.2) is 152 Å². The van der Waals surface area contributed by atoms with Crippen LogP contribution in [0.5, 0.6) is 0 Å². The molecule has 10 aromatic carbocycles. The van der Waals surface area contributed by atoms with Crippen molar-refractivity contribution >= 4 is 75.4 Å². The highest BCUT2D eigenvalue weighted by atomic mass is 14.2. The molecule has 0 bridgehead atoms. The van der Waals surface area contributed by atoms with E-state index in [9.17, 15) is 0 Å². The van der Waals surface area contributed by atoms with Crippen LogP contribution in [0.25, 0.3) is 97.7 Å². The molecule has 0 aliphatic heterocycles. The van der Waals surface area contributed by atoms with Gasteiger partial charge in [0.05, 0.1) is 0 Å². The van der Waals surface area contributed by atoms with Crippen LogP contribution in [0, 0.1) is 0 Å². The molecule has 48 heavy (non-hydrogen) atoms. The normalized spacial score (nSPS) is 12.5. The molecule has 0 aliphatic rings. The summed E-state index contributed by atoms with van der Waals surface area (Å²) in [5, 5.41) is 18.3. The van der Waals surface area contributed by atoms with E-state index in [0.717, 1.165) is 0 Å². The Balaban J connectivity index is 1.28. The van der Waals surface area contributed by atoms with Gasteiger partial charge in [0.15, 0.2) is 0 Å². The first-order valence-electron chi connectivity index (χ1n) is 17.0. The maximum Gasteiger partial charge on any atom is -0.00201 e. The first-order valence-corrected chi connectivity index (χ1v) is 17.0. The second kappa shape index (κ2) is 9.89. The molecule has 10 rings (SSSR count). The van der Waals surface area contributed by atoms with Gasteiger partial charge in [-0.2, -0.15) is 0 Å². The smallest absolute Gasteiger partial charge is 0.00201 e. The molecule has 226 valence electrons. The lowest BCUT2D eigenvalue weighted by Gasteiger charge is -2.22. The molecule has 0 N–H and O–H groups in total. The summed E-state index contributed by atoms with van der Waals surface area (Å²) >= 11 is 0. The third-order valence-corrected chi connectivity index (χ3v) is 10.7. The Hall–Kier alpha value is -5.72. The van der Waals surface area contributed by atoms with Gasteiger partial charge in [-0.3, -0.25) is 0 Å². The van der Waals surface area contributed by atoms with Crippen LogP contribution in [-0.2, 0) is 5.41 Å². The van der Waals surface area contributed by atoms with Gasteiger partial charge in [-0.1, -0.05) is 166 Å². The minimum atomic E-state index is 0.0913. The topological polar surface area (TPSA) is 0 Å². The van der Waals surface area contributed by atoms with Crippen molar-refractivity contribution in [1.29, 1.82) is 0 Å². The van der Waals surface area contributed by atoms with Gasteiger partial charge in [-0.05, 0) is 115 Å². The Morgan fingerprint density at radius 1 is 0.333 bits per heavy atom. The molecule has 0 saturated heterocycles. The molecule has 0 aromatic heterocycles. The summed E-state index contributed by atoms with van der Waals surface area (Å²) in [7, 11) is 0. The maximum absolute atomic E-state index is 2.40. The summed E-state index contributed by atoms with van der Waals surface area (Å²) in [6.45, 7) is 6.91. The van der Waals surface area contributed by atoms with Gasteiger partial charge in [0.25, 0.3) is 0 Å². The van der Waals surface area contributed by atoms with Gasteiger partial charge in [0.1, 0.15) is 0 Å². The number of fused-ring (bicyclic) bond motifs is 5. The molecule has 0 heterocycles. The van der Waals surface area contributed by atoms with Crippen LogP contribution < -0.4 is 0 Å². The molecule has 10 aromatic rings. The van der Waals surface area contributed by atoms with Crippen LogP contribution in [0.4, 0.5) is 0 Å². The van der Waals surface area contributed by atoms with Crippen molar-refractivity contribution < 1.29 is 0 Å². The lowest BCUT2D eigenvalue weighted by molar-refractivity contribution is 0.591. The fraction of sp³-hybridized carbons (Fsp3) is 0.0833. The molecule has 0 spiro atoms. The number of hydrogen-bond acceptors (Lipinski definition) is 0. The monoisotopic (exact) mass is 610 g/mol. The Kier molecular flexibility index (Phi) is 5.65. The van der Waals surface area contributed by atoms with Crippen molar-refractivity contribution in [3.63, 3.8) is 0 Å². The summed E-state index contributed by atoms with van der Waals surface area (Å²) in [5.74, 6) is 0. The van der Waals surface area contributed by atoms with Gasteiger partial charge in [0, 0.05) is 0 Å².